The molecule has 0 amide bonds. The number of thiophene rings is 1. The van der Waals surface area contributed by atoms with Crippen LogP contribution in [-0.2, 0) is 9.53 Å². The van der Waals surface area contributed by atoms with Crippen LogP contribution in [0.5, 0.6) is 0 Å². The quantitative estimate of drug-likeness (QED) is 0.741. The second-order valence-electron chi connectivity index (χ2n) is 2.65. The van der Waals surface area contributed by atoms with Crippen molar-refractivity contribution in [2.45, 2.75) is 5.92 Å². The first-order chi connectivity index (χ1) is 6.29. The first kappa shape index (κ1) is 10.2. The summed E-state index contributed by atoms with van der Waals surface area (Å²) in [5, 5.41) is 4.94. The van der Waals surface area contributed by atoms with Crippen LogP contribution in [-0.4, -0.2) is 26.7 Å². The Morgan fingerprint density at radius 3 is 3.00 bits per heavy atom. The number of ether oxygens (including phenoxy) is 1. The van der Waals surface area contributed by atoms with Gasteiger partial charge in [-0.05, 0) is 18.5 Å². The SMILES string of the molecule is CNCC(C(=O)OC)c1cccs1. The molecule has 1 aromatic heterocycles. The van der Waals surface area contributed by atoms with Gasteiger partial charge in [-0.1, -0.05) is 6.07 Å². The van der Waals surface area contributed by atoms with E-state index in [0.717, 1.165) is 4.88 Å². The highest BCUT2D eigenvalue weighted by Crippen LogP contribution is 2.21. The minimum atomic E-state index is -0.184. The molecule has 0 aromatic carbocycles. The third kappa shape index (κ3) is 2.54. The molecule has 3 nitrogen and oxygen atoms in total. The molecular weight excluding hydrogens is 186 g/mol. The summed E-state index contributed by atoms with van der Waals surface area (Å²) in [4.78, 5) is 12.4. The summed E-state index contributed by atoms with van der Waals surface area (Å²) in [6.45, 7) is 0.618. The number of carbonyl (C=O) groups is 1. The fourth-order valence-electron chi connectivity index (χ4n) is 1.14. The lowest BCUT2D eigenvalue weighted by molar-refractivity contribution is -0.142. The minimum Gasteiger partial charge on any atom is -0.468 e. The van der Waals surface area contributed by atoms with Crippen LogP contribution >= 0.6 is 11.3 Å². The number of methoxy groups -OCH3 is 1. The average Bonchev–Trinajstić information content (AvgIpc) is 2.65. The molecule has 13 heavy (non-hydrogen) atoms. The Morgan fingerprint density at radius 2 is 2.54 bits per heavy atom. The standard InChI is InChI=1S/C9H13NO2S/c1-10-6-7(9(11)12-2)8-4-3-5-13-8/h3-5,7,10H,6H2,1-2H3. The average molecular weight is 199 g/mol. The van der Waals surface area contributed by atoms with E-state index in [2.05, 4.69) is 5.32 Å². The van der Waals surface area contributed by atoms with Gasteiger partial charge in [-0.3, -0.25) is 4.79 Å². The van der Waals surface area contributed by atoms with Crippen molar-refractivity contribution in [3.05, 3.63) is 22.4 Å². The second kappa shape index (κ2) is 4.99. The van der Waals surface area contributed by atoms with Gasteiger partial charge in [0.25, 0.3) is 0 Å². The molecule has 0 saturated heterocycles. The zero-order valence-corrected chi connectivity index (χ0v) is 8.56. The van der Waals surface area contributed by atoms with Gasteiger partial charge in [0, 0.05) is 11.4 Å². The van der Waals surface area contributed by atoms with Gasteiger partial charge in [0.15, 0.2) is 0 Å². The van der Waals surface area contributed by atoms with E-state index in [1.54, 1.807) is 11.3 Å². The molecule has 1 unspecified atom stereocenters. The zero-order chi connectivity index (χ0) is 9.68. The van der Waals surface area contributed by atoms with Gasteiger partial charge < -0.3 is 10.1 Å². The number of hydrogen-bond donors (Lipinski definition) is 1. The van der Waals surface area contributed by atoms with Crippen molar-refractivity contribution in [1.82, 2.24) is 5.32 Å². The molecular formula is C9H13NO2S. The molecule has 0 radical (unpaired) electrons. The van der Waals surface area contributed by atoms with E-state index in [4.69, 9.17) is 4.74 Å². The predicted molar refractivity (Wildman–Crippen MR) is 53.0 cm³/mol. The Morgan fingerprint density at radius 1 is 1.77 bits per heavy atom. The van der Waals surface area contributed by atoms with Crippen LogP contribution in [0, 0.1) is 0 Å². The van der Waals surface area contributed by atoms with E-state index < -0.39 is 0 Å². The molecule has 0 aliphatic carbocycles. The van der Waals surface area contributed by atoms with Crippen LogP contribution in [0.3, 0.4) is 0 Å². The fourth-order valence-corrected chi connectivity index (χ4v) is 1.95. The lowest BCUT2D eigenvalue weighted by Gasteiger charge is -2.11. The molecule has 4 heteroatoms. The summed E-state index contributed by atoms with van der Waals surface area (Å²) in [6, 6.07) is 3.88. The first-order valence-electron chi connectivity index (χ1n) is 4.05. The Balaban J connectivity index is 2.74. The molecule has 0 bridgehead atoms. The molecule has 1 aromatic rings. The summed E-state index contributed by atoms with van der Waals surface area (Å²) in [6.07, 6.45) is 0. The molecule has 1 atom stereocenters. The molecule has 1 rings (SSSR count). The van der Waals surface area contributed by atoms with Crippen molar-refractivity contribution in [3.8, 4) is 0 Å². The van der Waals surface area contributed by atoms with Gasteiger partial charge in [-0.2, -0.15) is 0 Å². The Kier molecular flexibility index (Phi) is 3.92. The van der Waals surface area contributed by atoms with Gasteiger partial charge in [0.05, 0.1) is 7.11 Å². The lowest BCUT2D eigenvalue weighted by Crippen LogP contribution is -2.24. The van der Waals surface area contributed by atoms with Crippen LogP contribution in [0.25, 0.3) is 0 Å². The van der Waals surface area contributed by atoms with Crippen molar-refractivity contribution in [3.63, 3.8) is 0 Å². The summed E-state index contributed by atoms with van der Waals surface area (Å²) < 4.78 is 4.72. The fraction of sp³-hybridized carbons (Fsp3) is 0.444. The third-order valence-electron chi connectivity index (χ3n) is 1.78. The van der Waals surface area contributed by atoms with Crippen molar-refractivity contribution in [1.29, 1.82) is 0 Å². The lowest BCUT2D eigenvalue weighted by atomic mass is 10.1. The summed E-state index contributed by atoms with van der Waals surface area (Å²) >= 11 is 1.57. The molecule has 0 aliphatic heterocycles. The highest BCUT2D eigenvalue weighted by Gasteiger charge is 2.20. The van der Waals surface area contributed by atoms with Gasteiger partial charge in [0.2, 0.25) is 0 Å². The van der Waals surface area contributed by atoms with Crippen LogP contribution < -0.4 is 5.32 Å². The minimum absolute atomic E-state index is 0.171. The predicted octanol–water partition coefficient (Wildman–Crippen LogP) is 1.22. The number of nitrogens with one attached hydrogen (secondary N) is 1. The van der Waals surface area contributed by atoms with Crippen LogP contribution in [0.1, 0.15) is 10.8 Å². The number of carbonyl (C=O) groups excluding carboxylic acids is 1. The summed E-state index contributed by atoms with van der Waals surface area (Å²) in [5.41, 5.74) is 0. The zero-order valence-electron chi connectivity index (χ0n) is 7.74. The smallest absolute Gasteiger partial charge is 0.315 e. The van der Waals surface area contributed by atoms with E-state index in [1.807, 2.05) is 24.6 Å². The van der Waals surface area contributed by atoms with Gasteiger partial charge in [-0.15, -0.1) is 11.3 Å². The van der Waals surface area contributed by atoms with E-state index in [0.29, 0.717) is 6.54 Å². The Bertz CT molecular complexity index is 259. The third-order valence-corrected chi connectivity index (χ3v) is 2.77. The van der Waals surface area contributed by atoms with Crippen molar-refractivity contribution in [2.75, 3.05) is 20.7 Å². The summed E-state index contributed by atoms with van der Waals surface area (Å²) in [5.74, 6) is -0.355. The molecule has 0 saturated carbocycles. The van der Waals surface area contributed by atoms with Gasteiger partial charge >= 0.3 is 5.97 Å². The molecule has 1 heterocycles. The maximum atomic E-state index is 11.3. The Labute approximate surface area is 81.7 Å². The monoisotopic (exact) mass is 199 g/mol. The normalized spacial score (nSPS) is 12.5. The molecule has 1 N–H and O–H groups in total. The highest BCUT2D eigenvalue weighted by molar-refractivity contribution is 7.10. The number of likely N-dealkylation sites (N-methyl/N-ethyl adjacent to an activating group) is 1. The number of rotatable bonds is 4. The summed E-state index contributed by atoms with van der Waals surface area (Å²) in [7, 11) is 3.24. The molecule has 72 valence electrons. The van der Waals surface area contributed by atoms with E-state index in [1.165, 1.54) is 7.11 Å². The molecule has 0 aliphatic rings. The first-order valence-corrected chi connectivity index (χ1v) is 4.93. The maximum Gasteiger partial charge on any atom is 0.315 e. The van der Waals surface area contributed by atoms with Crippen LogP contribution in [0.2, 0.25) is 0 Å². The van der Waals surface area contributed by atoms with E-state index in [9.17, 15) is 4.79 Å². The topological polar surface area (TPSA) is 38.3 Å². The van der Waals surface area contributed by atoms with Gasteiger partial charge in [-0.25, -0.2) is 0 Å². The highest BCUT2D eigenvalue weighted by atomic mass is 32.1. The van der Waals surface area contributed by atoms with Gasteiger partial charge in [0.1, 0.15) is 5.92 Å². The Hall–Kier alpha value is -0.870. The van der Waals surface area contributed by atoms with Crippen molar-refractivity contribution >= 4 is 17.3 Å². The number of esters is 1. The maximum absolute atomic E-state index is 11.3. The largest absolute Gasteiger partial charge is 0.468 e. The van der Waals surface area contributed by atoms with Crippen molar-refractivity contribution < 1.29 is 9.53 Å². The molecule has 0 spiro atoms. The van der Waals surface area contributed by atoms with Crippen LogP contribution in [0.15, 0.2) is 17.5 Å². The molecule has 0 fully saturated rings. The van der Waals surface area contributed by atoms with Crippen LogP contribution in [0.4, 0.5) is 0 Å². The van der Waals surface area contributed by atoms with E-state index in [-0.39, 0.29) is 11.9 Å². The second-order valence-corrected chi connectivity index (χ2v) is 3.63. The van der Waals surface area contributed by atoms with Crippen molar-refractivity contribution in [2.24, 2.45) is 0 Å². The number of hydrogen-bond acceptors (Lipinski definition) is 4. The van der Waals surface area contributed by atoms with E-state index >= 15 is 0 Å².